The molecule has 0 amide bonds. The lowest BCUT2D eigenvalue weighted by molar-refractivity contribution is 0.310. The molecular formula is C24H40IN5O2. The number of ether oxygens (including phenoxy) is 2. The highest BCUT2D eigenvalue weighted by Gasteiger charge is 2.14. The van der Waals surface area contributed by atoms with Gasteiger partial charge in [0.05, 0.1) is 19.4 Å². The molecule has 0 radical (unpaired) electrons. The van der Waals surface area contributed by atoms with Gasteiger partial charge in [-0.25, -0.2) is 0 Å². The number of hydrogen-bond donors (Lipinski definition) is 2. The van der Waals surface area contributed by atoms with Crippen LogP contribution in [0, 0.1) is 13.8 Å². The first-order valence-electron chi connectivity index (χ1n) is 11.2. The molecule has 0 aliphatic heterocycles. The number of rotatable bonds is 11. The Balaban J connectivity index is 0.00000512. The molecule has 0 fully saturated rings. The predicted molar refractivity (Wildman–Crippen MR) is 143 cm³/mol. The van der Waals surface area contributed by atoms with Gasteiger partial charge in [-0.2, -0.15) is 5.10 Å². The fourth-order valence-electron chi connectivity index (χ4n) is 3.64. The van der Waals surface area contributed by atoms with Crippen molar-refractivity contribution in [3.63, 3.8) is 0 Å². The highest BCUT2D eigenvalue weighted by Crippen LogP contribution is 2.28. The highest BCUT2D eigenvalue weighted by molar-refractivity contribution is 14.0. The van der Waals surface area contributed by atoms with Crippen LogP contribution in [0.3, 0.4) is 0 Å². The second-order valence-electron chi connectivity index (χ2n) is 7.80. The van der Waals surface area contributed by atoms with Crippen molar-refractivity contribution in [2.75, 3.05) is 26.8 Å². The van der Waals surface area contributed by atoms with Crippen LogP contribution in [0.2, 0.25) is 0 Å². The van der Waals surface area contributed by atoms with Crippen LogP contribution < -0.4 is 20.1 Å². The standard InChI is InChI=1S/C24H39N5O2.HI/c1-8-25-24(27-17(3)15-21-18(4)28-29(6)19(21)5)26-14-10-11-20-12-13-22(30-7)23(16-20)31-9-2;/h12-13,16-17H,8-11,14-15H2,1-7H3,(H2,25,26,27);1H. The van der Waals surface area contributed by atoms with Gasteiger partial charge >= 0.3 is 0 Å². The molecule has 1 unspecified atom stereocenters. The summed E-state index contributed by atoms with van der Waals surface area (Å²) < 4.78 is 13.0. The van der Waals surface area contributed by atoms with E-state index in [1.54, 1.807) is 7.11 Å². The van der Waals surface area contributed by atoms with Crippen molar-refractivity contribution < 1.29 is 9.47 Å². The Kier molecular flexibility index (Phi) is 12.5. The highest BCUT2D eigenvalue weighted by atomic mass is 127. The van der Waals surface area contributed by atoms with E-state index in [9.17, 15) is 0 Å². The third-order valence-corrected chi connectivity index (χ3v) is 5.32. The average molecular weight is 558 g/mol. The summed E-state index contributed by atoms with van der Waals surface area (Å²) in [7, 11) is 3.66. The normalized spacial score (nSPS) is 12.2. The maximum Gasteiger partial charge on any atom is 0.191 e. The number of methoxy groups -OCH3 is 1. The van der Waals surface area contributed by atoms with Crippen molar-refractivity contribution in [3.05, 3.63) is 40.7 Å². The van der Waals surface area contributed by atoms with Gasteiger partial charge in [0, 0.05) is 31.9 Å². The Morgan fingerprint density at radius 3 is 2.56 bits per heavy atom. The van der Waals surface area contributed by atoms with Crippen LogP contribution in [-0.4, -0.2) is 48.6 Å². The van der Waals surface area contributed by atoms with Gasteiger partial charge in [0.25, 0.3) is 0 Å². The minimum Gasteiger partial charge on any atom is -0.493 e. The fraction of sp³-hybridized carbons (Fsp3) is 0.583. The fourth-order valence-corrected chi connectivity index (χ4v) is 3.64. The van der Waals surface area contributed by atoms with Crippen LogP contribution in [0.25, 0.3) is 0 Å². The maximum absolute atomic E-state index is 5.68. The lowest BCUT2D eigenvalue weighted by atomic mass is 10.1. The molecule has 2 rings (SSSR count). The van der Waals surface area contributed by atoms with Crippen LogP contribution in [0.4, 0.5) is 0 Å². The van der Waals surface area contributed by atoms with Crippen molar-refractivity contribution in [1.82, 2.24) is 20.4 Å². The SMILES string of the molecule is CCNC(=NCCCc1ccc(OC)c(OCC)c1)NC(C)Cc1c(C)nn(C)c1C.I. The lowest BCUT2D eigenvalue weighted by Crippen LogP contribution is -2.43. The van der Waals surface area contributed by atoms with Gasteiger partial charge in [-0.1, -0.05) is 6.07 Å². The molecule has 1 heterocycles. The van der Waals surface area contributed by atoms with Gasteiger partial charge < -0.3 is 20.1 Å². The van der Waals surface area contributed by atoms with Crippen molar-refractivity contribution in [2.24, 2.45) is 12.0 Å². The van der Waals surface area contributed by atoms with Crippen molar-refractivity contribution in [2.45, 2.75) is 59.9 Å². The molecule has 8 heteroatoms. The minimum atomic E-state index is 0. The molecule has 0 saturated heterocycles. The van der Waals surface area contributed by atoms with E-state index >= 15 is 0 Å². The molecule has 0 aliphatic rings. The molecule has 1 aromatic heterocycles. The van der Waals surface area contributed by atoms with Crippen LogP contribution in [-0.2, 0) is 19.9 Å². The van der Waals surface area contributed by atoms with E-state index in [4.69, 9.17) is 14.5 Å². The van der Waals surface area contributed by atoms with E-state index in [-0.39, 0.29) is 30.0 Å². The zero-order valence-corrected chi connectivity index (χ0v) is 22.9. The molecule has 2 aromatic rings. The van der Waals surface area contributed by atoms with Crippen LogP contribution in [0.5, 0.6) is 11.5 Å². The molecule has 180 valence electrons. The molecule has 0 saturated carbocycles. The number of aryl methyl sites for hydroxylation is 3. The van der Waals surface area contributed by atoms with Gasteiger partial charge in [0.1, 0.15) is 0 Å². The van der Waals surface area contributed by atoms with Crippen molar-refractivity contribution >= 4 is 29.9 Å². The molecule has 1 atom stereocenters. The average Bonchev–Trinajstić information content (AvgIpc) is 2.97. The quantitative estimate of drug-likeness (QED) is 0.188. The van der Waals surface area contributed by atoms with Crippen LogP contribution in [0.15, 0.2) is 23.2 Å². The Labute approximate surface area is 210 Å². The predicted octanol–water partition coefficient (Wildman–Crippen LogP) is 4.18. The summed E-state index contributed by atoms with van der Waals surface area (Å²) >= 11 is 0. The summed E-state index contributed by atoms with van der Waals surface area (Å²) in [5.74, 6) is 2.44. The van der Waals surface area contributed by atoms with Gasteiger partial charge in [-0.05, 0) is 77.1 Å². The first-order chi connectivity index (χ1) is 14.9. The third kappa shape index (κ3) is 8.18. The largest absolute Gasteiger partial charge is 0.493 e. The van der Waals surface area contributed by atoms with Gasteiger partial charge in [0.2, 0.25) is 0 Å². The van der Waals surface area contributed by atoms with E-state index in [2.05, 4.69) is 55.6 Å². The van der Waals surface area contributed by atoms with Crippen molar-refractivity contribution in [3.8, 4) is 11.5 Å². The summed E-state index contributed by atoms with van der Waals surface area (Å²) in [4.78, 5) is 4.77. The summed E-state index contributed by atoms with van der Waals surface area (Å²) in [6.45, 7) is 12.7. The molecule has 0 spiro atoms. The zero-order chi connectivity index (χ0) is 22.8. The topological polar surface area (TPSA) is 72.7 Å². The Bertz CT molecular complexity index is 866. The van der Waals surface area contributed by atoms with Crippen LogP contribution >= 0.6 is 24.0 Å². The maximum atomic E-state index is 5.68. The first kappa shape index (κ1) is 28.1. The Hall–Kier alpha value is -1.97. The monoisotopic (exact) mass is 557 g/mol. The van der Waals surface area contributed by atoms with E-state index in [0.717, 1.165) is 55.5 Å². The number of nitrogens with one attached hydrogen (secondary N) is 2. The molecule has 0 bridgehead atoms. The molecule has 2 N–H and O–H groups in total. The third-order valence-electron chi connectivity index (χ3n) is 5.32. The number of nitrogens with zero attached hydrogens (tertiary/aromatic N) is 3. The summed E-state index contributed by atoms with van der Waals surface area (Å²) in [5, 5.41) is 11.4. The number of aliphatic imine (C=N–C) groups is 1. The first-order valence-corrected chi connectivity index (χ1v) is 11.2. The second kappa shape index (κ2) is 14.2. The number of aromatic nitrogens is 2. The zero-order valence-electron chi connectivity index (χ0n) is 20.6. The molecule has 0 aliphatic carbocycles. The van der Waals surface area contributed by atoms with E-state index in [1.165, 1.54) is 16.8 Å². The smallest absolute Gasteiger partial charge is 0.191 e. The Morgan fingerprint density at radius 2 is 1.97 bits per heavy atom. The van der Waals surface area contributed by atoms with Gasteiger partial charge in [-0.3, -0.25) is 9.67 Å². The number of guanidine groups is 1. The molecular weight excluding hydrogens is 517 g/mol. The van der Waals surface area contributed by atoms with E-state index < -0.39 is 0 Å². The van der Waals surface area contributed by atoms with Gasteiger partial charge in [0.15, 0.2) is 17.5 Å². The lowest BCUT2D eigenvalue weighted by Gasteiger charge is -2.18. The van der Waals surface area contributed by atoms with E-state index in [0.29, 0.717) is 6.61 Å². The molecule has 7 nitrogen and oxygen atoms in total. The van der Waals surface area contributed by atoms with Crippen molar-refractivity contribution in [1.29, 1.82) is 0 Å². The second-order valence-corrected chi connectivity index (χ2v) is 7.80. The van der Waals surface area contributed by atoms with E-state index in [1.807, 2.05) is 24.7 Å². The summed E-state index contributed by atoms with van der Waals surface area (Å²) in [6.07, 6.45) is 2.82. The number of benzene rings is 1. The number of hydrogen-bond acceptors (Lipinski definition) is 4. The minimum absolute atomic E-state index is 0. The molecule has 1 aromatic carbocycles. The Morgan fingerprint density at radius 1 is 1.22 bits per heavy atom. The van der Waals surface area contributed by atoms with Gasteiger partial charge in [-0.15, -0.1) is 24.0 Å². The summed E-state index contributed by atoms with van der Waals surface area (Å²) in [5.41, 5.74) is 4.86. The number of halogens is 1. The summed E-state index contributed by atoms with van der Waals surface area (Å²) in [6, 6.07) is 6.39. The van der Waals surface area contributed by atoms with Crippen LogP contribution in [0.1, 0.15) is 49.7 Å². The molecule has 32 heavy (non-hydrogen) atoms.